The molecule has 2 heterocycles. The average Bonchev–Trinajstić information content (AvgIpc) is 3.00. The minimum absolute atomic E-state index is 0.309. The van der Waals surface area contributed by atoms with Crippen LogP contribution in [0.4, 0.5) is 24.5 Å². The molecule has 0 aliphatic carbocycles. The Bertz CT molecular complexity index is 957. The fourth-order valence-electron chi connectivity index (χ4n) is 4.72. The van der Waals surface area contributed by atoms with Crippen molar-refractivity contribution in [2.75, 3.05) is 69.2 Å². The van der Waals surface area contributed by atoms with Crippen molar-refractivity contribution in [2.24, 2.45) is 0 Å². The second kappa shape index (κ2) is 10.1. The molecule has 2 saturated heterocycles. The van der Waals surface area contributed by atoms with Crippen LogP contribution in [0.3, 0.4) is 0 Å². The number of hydrogen-bond acceptors (Lipinski definition) is 4. The largest absolute Gasteiger partial charge is 0.416 e. The number of piperazine rings is 1. The lowest BCUT2D eigenvalue weighted by molar-refractivity contribution is -0.138. The summed E-state index contributed by atoms with van der Waals surface area (Å²) in [5.74, 6) is 0. The van der Waals surface area contributed by atoms with Crippen LogP contribution < -0.4 is 9.80 Å². The van der Waals surface area contributed by atoms with Gasteiger partial charge in [-0.15, -0.1) is 0 Å². The maximum Gasteiger partial charge on any atom is 0.416 e. The van der Waals surface area contributed by atoms with Gasteiger partial charge in [0.25, 0.3) is 0 Å². The summed E-state index contributed by atoms with van der Waals surface area (Å²) in [4.78, 5) is 8.89. The fourth-order valence-corrected chi connectivity index (χ4v) is 4.84. The van der Waals surface area contributed by atoms with E-state index in [-0.39, 0.29) is 0 Å². The first-order valence-electron chi connectivity index (χ1n) is 11.6. The Morgan fingerprint density at radius 3 is 2.15 bits per heavy atom. The average molecular weight is 481 g/mol. The minimum atomic E-state index is -4.35. The number of rotatable bonds is 4. The lowest BCUT2D eigenvalue weighted by Crippen LogP contribution is -2.46. The van der Waals surface area contributed by atoms with Gasteiger partial charge in [-0.25, -0.2) is 0 Å². The highest BCUT2D eigenvalue weighted by molar-refractivity contribution is 6.31. The highest BCUT2D eigenvalue weighted by atomic mass is 35.5. The summed E-state index contributed by atoms with van der Waals surface area (Å²) >= 11 is 6.15. The molecule has 0 N–H and O–H groups in total. The van der Waals surface area contributed by atoms with Gasteiger partial charge in [0.1, 0.15) is 0 Å². The first-order chi connectivity index (χ1) is 15.7. The summed E-state index contributed by atoms with van der Waals surface area (Å²) in [6.45, 7) is 8.93. The third kappa shape index (κ3) is 5.94. The van der Waals surface area contributed by atoms with E-state index in [1.807, 2.05) is 19.1 Å². The van der Waals surface area contributed by atoms with Crippen molar-refractivity contribution in [3.8, 4) is 0 Å². The molecule has 0 unspecified atom stereocenters. The molecular weight excluding hydrogens is 449 g/mol. The van der Waals surface area contributed by atoms with Crippen LogP contribution in [-0.2, 0) is 12.7 Å². The van der Waals surface area contributed by atoms with Gasteiger partial charge in [0.15, 0.2) is 0 Å². The Morgan fingerprint density at radius 1 is 0.818 bits per heavy atom. The van der Waals surface area contributed by atoms with Crippen molar-refractivity contribution in [1.29, 1.82) is 0 Å². The van der Waals surface area contributed by atoms with Gasteiger partial charge >= 0.3 is 6.18 Å². The molecule has 0 bridgehead atoms. The topological polar surface area (TPSA) is 13.0 Å². The van der Waals surface area contributed by atoms with Crippen molar-refractivity contribution in [3.05, 3.63) is 58.1 Å². The van der Waals surface area contributed by atoms with Crippen LogP contribution in [0, 0.1) is 6.92 Å². The predicted octanol–water partition coefficient (Wildman–Crippen LogP) is 5.13. The molecule has 0 amide bonds. The number of anilines is 2. The molecule has 0 saturated carbocycles. The minimum Gasteiger partial charge on any atom is -0.370 e. The smallest absolute Gasteiger partial charge is 0.370 e. The zero-order valence-corrected chi connectivity index (χ0v) is 20.1. The molecule has 0 spiro atoms. The van der Waals surface area contributed by atoms with E-state index in [0.717, 1.165) is 80.7 Å². The molecule has 2 aliphatic heterocycles. The molecule has 8 heteroatoms. The van der Waals surface area contributed by atoms with Crippen LogP contribution >= 0.6 is 11.6 Å². The van der Waals surface area contributed by atoms with Crippen molar-refractivity contribution in [3.63, 3.8) is 0 Å². The second-order valence-corrected chi connectivity index (χ2v) is 9.59. The molecule has 0 radical (unpaired) electrons. The standard InChI is InChI=1S/C25H32ClF3N4/c1-19-16-21(5-7-24(19)26)33-14-11-31(12-15-33)18-20-17-22(4-6-23(20)25(27,28)29)32-9-3-8-30(2)10-13-32/h4-7,16-17H,3,8-15,18H2,1-2H3. The van der Waals surface area contributed by atoms with Gasteiger partial charge in [-0.3, -0.25) is 4.90 Å². The Morgan fingerprint density at radius 2 is 1.45 bits per heavy atom. The van der Waals surface area contributed by atoms with Gasteiger partial charge in [0, 0.05) is 68.8 Å². The highest BCUT2D eigenvalue weighted by Crippen LogP contribution is 2.35. The number of alkyl halides is 3. The quantitative estimate of drug-likeness (QED) is 0.601. The number of benzene rings is 2. The molecule has 2 fully saturated rings. The molecule has 4 nitrogen and oxygen atoms in total. The van der Waals surface area contributed by atoms with Gasteiger partial charge in [0.05, 0.1) is 5.56 Å². The van der Waals surface area contributed by atoms with Crippen LogP contribution in [0.1, 0.15) is 23.1 Å². The zero-order valence-electron chi connectivity index (χ0n) is 19.3. The van der Waals surface area contributed by atoms with Crippen LogP contribution in [0.2, 0.25) is 5.02 Å². The van der Waals surface area contributed by atoms with E-state index >= 15 is 0 Å². The normalized spacial score (nSPS) is 19.1. The molecule has 2 aromatic carbocycles. The van der Waals surface area contributed by atoms with Crippen molar-refractivity contribution < 1.29 is 13.2 Å². The number of halogens is 4. The molecule has 2 aliphatic rings. The van der Waals surface area contributed by atoms with E-state index in [0.29, 0.717) is 12.1 Å². The lowest BCUT2D eigenvalue weighted by Gasteiger charge is -2.37. The third-order valence-electron chi connectivity index (χ3n) is 6.75. The van der Waals surface area contributed by atoms with E-state index in [2.05, 4.69) is 32.7 Å². The summed E-state index contributed by atoms with van der Waals surface area (Å²) in [6.07, 6.45) is -3.34. The maximum absolute atomic E-state index is 13.8. The summed E-state index contributed by atoms with van der Waals surface area (Å²) in [5.41, 5.74) is 2.88. The monoisotopic (exact) mass is 480 g/mol. The Balaban J connectivity index is 1.47. The van der Waals surface area contributed by atoms with Gasteiger partial charge < -0.3 is 14.7 Å². The van der Waals surface area contributed by atoms with Crippen LogP contribution in [0.25, 0.3) is 0 Å². The van der Waals surface area contributed by atoms with Crippen LogP contribution in [-0.4, -0.2) is 69.2 Å². The van der Waals surface area contributed by atoms with Gasteiger partial charge in [-0.05, 0) is 74.5 Å². The summed E-state index contributed by atoms with van der Waals surface area (Å²) in [5, 5.41) is 0.744. The number of aryl methyl sites for hydroxylation is 1. The number of nitrogens with zero attached hydrogens (tertiary/aromatic N) is 4. The SMILES string of the molecule is Cc1cc(N2CCN(Cc3cc(N4CCCN(C)CC4)ccc3C(F)(F)F)CC2)ccc1Cl. The summed E-state index contributed by atoms with van der Waals surface area (Å²) in [6, 6.07) is 10.7. The first kappa shape index (κ1) is 24.2. The second-order valence-electron chi connectivity index (χ2n) is 9.18. The molecule has 2 aromatic rings. The Labute approximate surface area is 199 Å². The van der Waals surface area contributed by atoms with Crippen molar-refractivity contribution in [2.45, 2.75) is 26.1 Å². The van der Waals surface area contributed by atoms with E-state index in [1.165, 1.54) is 6.07 Å². The number of hydrogen-bond donors (Lipinski definition) is 0. The maximum atomic E-state index is 13.8. The van der Waals surface area contributed by atoms with Gasteiger partial charge in [0.2, 0.25) is 0 Å². The third-order valence-corrected chi connectivity index (χ3v) is 7.18. The van der Waals surface area contributed by atoms with Crippen LogP contribution in [0.5, 0.6) is 0 Å². The lowest BCUT2D eigenvalue weighted by atomic mass is 10.0. The molecule has 180 valence electrons. The molecule has 0 aromatic heterocycles. The molecule has 33 heavy (non-hydrogen) atoms. The zero-order chi connectivity index (χ0) is 23.6. The Hall–Kier alpha value is -1.96. The van der Waals surface area contributed by atoms with Gasteiger partial charge in [-0.2, -0.15) is 13.2 Å². The van der Waals surface area contributed by atoms with Crippen LogP contribution in [0.15, 0.2) is 36.4 Å². The molecular formula is C25H32ClF3N4. The Kier molecular flexibility index (Phi) is 7.41. The van der Waals surface area contributed by atoms with E-state index < -0.39 is 11.7 Å². The predicted molar refractivity (Wildman–Crippen MR) is 129 cm³/mol. The van der Waals surface area contributed by atoms with Crippen molar-refractivity contribution in [1.82, 2.24) is 9.80 Å². The van der Waals surface area contributed by atoms with E-state index in [4.69, 9.17) is 11.6 Å². The van der Waals surface area contributed by atoms with E-state index in [9.17, 15) is 13.2 Å². The highest BCUT2D eigenvalue weighted by Gasteiger charge is 2.34. The molecule has 0 atom stereocenters. The molecule has 4 rings (SSSR count). The summed E-state index contributed by atoms with van der Waals surface area (Å²) in [7, 11) is 2.09. The van der Waals surface area contributed by atoms with E-state index in [1.54, 1.807) is 12.1 Å². The summed E-state index contributed by atoms with van der Waals surface area (Å²) < 4.78 is 41.4. The number of likely N-dealkylation sites (N-methyl/N-ethyl adjacent to an activating group) is 1. The first-order valence-corrected chi connectivity index (χ1v) is 12.0. The fraction of sp³-hybridized carbons (Fsp3) is 0.520. The van der Waals surface area contributed by atoms with Crippen molar-refractivity contribution >= 4 is 23.0 Å². The van der Waals surface area contributed by atoms with Gasteiger partial charge in [-0.1, -0.05) is 11.6 Å².